The Morgan fingerprint density at radius 3 is 2.30 bits per heavy atom. The molecular weight excluding hydrogens is 338 g/mol. The van der Waals surface area contributed by atoms with Crippen LogP contribution in [0.4, 0.5) is 5.69 Å². The number of carbonyl (C=O) groups is 1. The number of para-hydroxylation sites is 3. The molecule has 3 aromatic rings. The van der Waals surface area contributed by atoms with E-state index in [9.17, 15) is 4.79 Å². The maximum absolute atomic E-state index is 12.6. The molecule has 1 N–H and O–H groups in total. The molecule has 0 saturated heterocycles. The first-order chi connectivity index (χ1) is 13.0. The minimum atomic E-state index is -0.643. The summed E-state index contributed by atoms with van der Waals surface area (Å²) in [6, 6.07) is 22.6. The van der Waals surface area contributed by atoms with Crippen LogP contribution in [0.15, 0.2) is 72.8 Å². The zero-order chi connectivity index (χ0) is 19.2. The van der Waals surface area contributed by atoms with Crippen molar-refractivity contribution in [2.75, 3.05) is 5.32 Å². The summed E-state index contributed by atoms with van der Waals surface area (Å²) in [5.41, 5.74) is 2.76. The lowest BCUT2D eigenvalue weighted by molar-refractivity contribution is -0.122. The quantitative estimate of drug-likeness (QED) is 0.630. The van der Waals surface area contributed by atoms with Gasteiger partial charge in [-0.05, 0) is 62.2 Å². The third-order valence-corrected chi connectivity index (χ3v) is 4.34. The average molecular weight is 361 g/mol. The Morgan fingerprint density at radius 2 is 1.52 bits per heavy atom. The lowest BCUT2D eigenvalue weighted by Gasteiger charge is -2.18. The van der Waals surface area contributed by atoms with E-state index in [0.29, 0.717) is 22.9 Å². The molecule has 138 valence electrons. The van der Waals surface area contributed by atoms with Crippen LogP contribution in [0.5, 0.6) is 17.2 Å². The Bertz CT molecular complexity index is 922. The molecule has 3 rings (SSSR count). The lowest BCUT2D eigenvalue weighted by atomic mass is 10.1. The van der Waals surface area contributed by atoms with Gasteiger partial charge in [-0.1, -0.05) is 42.5 Å². The summed E-state index contributed by atoms with van der Waals surface area (Å²) < 4.78 is 11.8. The van der Waals surface area contributed by atoms with Gasteiger partial charge >= 0.3 is 0 Å². The fourth-order valence-corrected chi connectivity index (χ4v) is 2.60. The Balaban J connectivity index is 1.71. The van der Waals surface area contributed by atoms with Gasteiger partial charge in [0, 0.05) is 0 Å². The molecule has 3 aromatic carbocycles. The molecule has 0 aromatic heterocycles. The van der Waals surface area contributed by atoms with Gasteiger partial charge in [-0.15, -0.1) is 0 Å². The average Bonchev–Trinajstić information content (AvgIpc) is 2.67. The first-order valence-electron chi connectivity index (χ1n) is 8.90. The van der Waals surface area contributed by atoms with Crippen molar-refractivity contribution in [2.45, 2.75) is 26.9 Å². The summed E-state index contributed by atoms with van der Waals surface area (Å²) in [5.74, 6) is 1.77. The molecule has 4 heteroatoms. The Hall–Kier alpha value is -3.27. The molecule has 0 aliphatic heterocycles. The van der Waals surface area contributed by atoms with E-state index in [4.69, 9.17) is 9.47 Å². The highest BCUT2D eigenvalue weighted by Gasteiger charge is 2.18. The van der Waals surface area contributed by atoms with Crippen molar-refractivity contribution in [1.29, 1.82) is 0 Å². The number of aryl methyl sites for hydroxylation is 1. The second-order valence-corrected chi connectivity index (χ2v) is 6.36. The predicted molar refractivity (Wildman–Crippen MR) is 108 cm³/mol. The Morgan fingerprint density at radius 1 is 0.852 bits per heavy atom. The number of anilines is 1. The topological polar surface area (TPSA) is 47.6 Å². The molecule has 1 amide bonds. The van der Waals surface area contributed by atoms with Gasteiger partial charge in [-0.25, -0.2) is 0 Å². The first kappa shape index (κ1) is 18.5. The van der Waals surface area contributed by atoms with Crippen LogP contribution in [0.3, 0.4) is 0 Å². The fraction of sp³-hybridized carbons (Fsp3) is 0.174. The van der Waals surface area contributed by atoms with Crippen LogP contribution in [-0.4, -0.2) is 12.0 Å². The molecule has 0 aliphatic carbocycles. The van der Waals surface area contributed by atoms with Crippen molar-refractivity contribution in [1.82, 2.24) is 0 Å². The molecule has 0 heterocycles. The van der Waals surface area contributed by atoms with Crippen LogP contribution >= 0.6 is 0 Å². The van der Waals surface area contributed by atoms with Crippen molar-refractivity contribution in [3.8, 4) is 17.2 Å². The number of amides is 1. The maximum Gasteiger partial charge on any atom is 0.265 e. The standard InChI is InChI=1S/C23H23NO3/c1-16-10-9-15-21(17(16)2)26-18(3)23(25)24-20-13-7-8-14-22(20)27-19-11-5-4-6-12-19/h4-15,18H,1-3H3,(H,24,25)/t18-/m0/s1. The van der Waals surface area contributed by atoms with Gasteiger partial charge in [-0.3, -0.25) is 4.79 Å². The van der Waals surface area contributed by atoms with Crippen LogP contribution < -0.4 is 14.8 Å². The van der Waals surface area contributed by atoms with E-state index in [0.717, 1.165) is 11.1 Å². The molecule has 0 saturated carbocycles. The van der Waals surface area contributed by atoms with Gasteiger partial charge in [0.25, 0.3) is 5.91 Å². The summed E-state index contributed by atoms with van der Waals surface area (Å²) in [6.45, 7) is 5.74. The van der Waals surface area contributed by atoms with Crippen LogP contribution in [0, 0.1) is 13.8 Å². The van der Waals surface area contributed by atoms with Gasteiger partial charge in [-0.2, -0.15) is 0 Å². The molecule has 0 aliphatic rings. The van der Waals surface area contributed by atoms with Gasteiger partial charge in [0.05, 0.1) is 5.69 Å². The Labute approximate surface area is 159 Å². The smallest absolute Gasteiger partial charge is 0.265 e. The molecule has 0 bridgehead atoms. The van der Waals surface area contributed by atoms with E-state index < -0.39 is 6.10 Å². The number of rotatable bonds is 6. The second kappa shape index (κ2) is 8.41. The van der Waals surface area contributed by atoms with Gasteiger partial charge in [0.2, 0.25) is 0 Å². The third kappa shape index (κ3) is 4.67. The number of nitrogens with one attached hydrogen (secondary N) is 1. The van der Waals surface area contributed by atoms with E-state index in [1.807, 2.05) is 80.6 Å². The van der Waals surface area contributed by atoms with Crippen molar-refractivity contribution in [2.24, 2.45) is 0 Å². The molecular formula is C23H23NO3. The van der Waals surface area contributed by atoms with Crippen molar-refractivity contribution in [3.05, 3.63) is 83.9 Å². The minimum Gasteiger partial charge on any atom is -0.481 e. The molecule has 4 nitrogen and oxygen atoms in total. The van der Waals surface area contributed by atoms with Crippen molar-refractivity contribution >= 4 is 11.6 Å². The number of ether oxygens (including phenoxy) is 2. The highest BCUT2D eigenvalue weighted by atomic mass is 16.5. The first-order valence-corrected chi connectivity index (χ1v) is 8.90. The summed E-state index contributed by atoms with van der Waals surface area (Å²) in [7, 11) is 0. The number of hydrogen-bond acceptors (Lipinski definition) is 3. The molecule has 0 radical (unpaired) electrons. The highest BCUT2D eigenvalue weighted by molar-refractivity contribution is 5.95. The fourth-order valence-electron chi connectivity index (χ4n) is 2.60. The molecule has 0 unspecified atom stereocenters. The van der Waals surface area contributed by atoms with Crippen LogP contribution in [-0.2, 0) is 4.79 Å². The summed E-state index contributed by atoms with van der Waals surface area (Å²) in [6.07, 6.45) is -0.643. The van der Waals surface area contributed by atoms with E-state index >= 15 is 0 Å². The second-order valence-electron chi connectivity index (χ2n) is 6.36. The van der Waals surface area contributed by atoms with Crippen LogP contribution in [0.25, 0.3) is 0 Å². The number of benzene rings is 3. The van der Waals surface area contributed by atoms with Crippen LogP contribution in [0.1, 0.15) is 18.1 Å². The van der Waals surface area contributed by atoms with E-state index in [1.54, 1.807) is 13.0 Å². The van der Waals surface area contributed by atoms with Gasteiger partial charge < -0.3 is 14.8 Å². The van der Waals surface area contributed by atoms with Gasteiger partial charge in [0.1, 0.15) is 11.5 Å². The zero-order valence-electron chi connectivity index (χ0n) is 15.7. The third-order valence-electron chi connectivity index (χ3n) is 4.34. The molecule has 0 fully saturated rings. The van der Waals surface area contributed by atoms with E-state index in [2.05, 4.69) is 5.32 Å². The molecule has 0 spiro atoms. The van der Waals surface area contributed by atoms with Gasteiger partial charge in [0.15, 0.2) is 11.9 Å². The normalized spacial score (nSPS) is 11.5. The summed E-state index contributed by atoms with van der Waals surface area (Å²) in [4.78, 5) is 12.6. The molecule has 27 heavy (non-hydrogen) atoms. The minimum absolute atomic E-state index is 0.236. The van der Waals surface area contributed by atoms with Crippen molar-refractivity contribution in [3.63, 3.8) is 0 Å². The maximum atomic E-state index is 12.6. The summed E-state index contributed by atoms with van der Waals surface area (Å²) >= 11 is 0. The monoisotopic (exact) mass is 361 g/mol. The highest BCUT2D eigenvalue weighted by Crippen LogP contribution is 2.29. The SMILES string of the molecule is Cc1cccc(O[C@@H](C)C(=O)Nc2ccccc2Oc2ccccc2)c1C. The number of carbonyl (C=O) groups excluding carboxylic acids is 1. The van der Waals surface area contributed by atoms with Crippen LogP contribution in [0.2, 0.25) is 0 Å². The Kier molecular flexibility index (Phi) is 5.77. The van der Waals surface area contributed by atoms with E-state index in [-0.39, 0.29) is 5.91 Å². The summed E-state index contributed by atoms with van der Waals surface area (Å²) in [5, 5.41) is 2.90. The number of hydrogen-bond donors (Lipinski definition) is 1. The largest absolute Gasteiger partial charge is 0.481 e. The lowest BCUT2D eigenvalue weighted by Crippen LogP contribution is -2.30. The zero-order valence-corrected chi connectivity index (χ0v) is 15.7. The van der Waals surface area contributed by atoms with Crippen molar-refractivity contribution < 1.29 is 14.3 Å². The molecule has 1 atom stereocenters. The predicted octanol–water partition coefficient (Wildman–Crippen LogP) is 5.50. The van der Waals surface area contributed by atoms with E-state index in [1.165, 1.54) is 0 Å².